The minimum absolute atomic E-state index is 0.00945. The summed E-state index contributed by atoms with van der Waals surface area (Å²) < 4.78 is 0. The summed E-state index contributed by atoms with van der Waals surface area (Å²) >= 11 is 0. The molecule has 0 aromatic heterocycles. The molecule has 0 saturated heterocycles. The lowest BCUT2D eigenvalue weighted by Gasteiger charge is -2.30. The molecule has 3 heteroatoms. The van der Waals surface area contributed by atoms with Crippen molar-refractivity contribution in [2.75, 3.05) is 0 Å². The third kappa shape index (κ3) is 2.96. The lowest BCUT2D eigenvalue weighted by Crippen LogP contribution is -2.22. The SMILES string of the molecule is Cc1c(C(C)(C)c2ccccc2)cc(C(C)C)c(O)c1C(=O)O. The van der Waals surface area contributed by atoms with Gasteiger partial charge in [0.25, 0.3) is 0 Å². The number of aromatic carboxylic acids is 1. The molecule has 2 aromatic rings. The molecule has 0 bridgehead atoms. The van der Waals surface area contributed by atoms with Gasteiger partial charge in [-0.2, -0.15) is 0 Å². The Morgan fingerprint density at radius 1 is 1.13 bits per heavy atom. The van der Waals surface area contributed by atoms with Gasteiger partial charge in [-0.15, -0.1) is 0 Å². The minimum Gasteiger partial charge on any atom is -0.507 e. The maximum Gasteiger partial charge on any atom is 0.339 e. The zero-order valence-electron chi connectivity index (χ0n) is 14.3. The average Bonchev–Trinajstić information content (AvgIpc) is 2.47. The summed E-state index contributed by atoms with van der Waals surface area (Å²) in [5.41, 5.74) is 2.99. The first-order chi connectivity index (χ1) is 10.7. The lowest BCUT2D eigenvalue weighted by atomic mass is 9.74. The van der Waals surface area contributed by atoms with Crippen LogP contribution in [0.4, 0.5) is 0 Å². The summed E-state index contributed by atoms with van der Waals surface area (Å²) in [6.45, 7) is 9.84. The van der Waals surface area contributed by atoms with E-state index in [1.54, 1.807) is 6.92 Å². The van der Waals surface area contributed by atoms with Crippen molar-refractivity contribution in [2.45, 2.75) is 46.0 Å². The Bertz CT molecular complexity index is 728. The Morgan fingerprint density at radius 2 is 1.70 bits per heavy atom. The quantitative estimate of drug-likeness (QED) is 0.848. The number of carbonyl (C=O) groups is 1. The molecule has 0 radical (unpaired) electrons. The summed E-state index contributed by atoms with van der Waals surface area (Å²) in [7, 11) is 0. The maximum atomic E-state index is 11.7. The molecule has 0 unspecified atom stereocenters. The van der Waals surface area contributed by atoms with Crippen molar-refractivity contribution in [3.05, 3.63) is 64.2 Å². The molecule has 2 rings (SSSR count). The zero-order chi connectivity index (χ0) is 17.4. The van der Waals surface area contributed by atoms with E-state index in [1.165, 1.54) is 0 Å². The molecule has 2 aromatic carbocycles. The van der Waals surface area contributed by atoms with Gasteiger partial charge in [-0.25, -0.2) is 4.79 Å². The minimum atomic E-state index is -1.09. The van der Waals surface area contributed by atoms with Gasteiger partial charge in [0.05, 0.1) is 0 Å². The van der Waals surface area contributed by atoms with Crippen LogP contribution in [-0.2, 0) is 5.41 Å². The number of rotatable bonds is 4. The van der Waals surface area contributed by atoms with E-state index in [4.69, 9.17) is 0 Å². The Morgan fingerprint density at radius 3 is 2.17 bits per heavy atom. The van der Waals surface area contributed by atoms with Crippen molar-refractivity contribution in [1.82, 2.24) is 0 Å². The van der Waals surface area contributed by atoms with Crippen LogP contribution in [-0.4, -0.2) is 16.2 Å². The number of aromatic hydroxyl groups is 1. The summed E-state index contributed by atoms with van der Waals surface area (Å²) in [4.78, 5) is 11.7. The first-order valence-corrected chi connectivity index (χ1v) is 7.83. The van der Waals surface area contributed by atoms with Crippen molar-refractivity contribution < 1.29 is 15.0 Å². The molecule has 0 aliphatic heterocycles. The van der Waals surface area contributed by atoms with Crippen LogP contribution in [0.2, 0.25) is 0 Å². The Labute approximate surface area is 137 Å². The number of phenols is 1. The van der Waals surface area contributed by atoms with Crippen molar-refractivity contribution in [3.63, 3.8) is 0 Å². The Kier molecular flexibility index (Phi) is 4.51. The fourth-order valence-corrected chi connectivity index (χ4v) is 3.15. The molecule has 0 heterocycles. The second-order valence-electron chi connectivity index (χ2n) is 6.81. The molecule has 0 aliphatic carbocycles. The van der Waals surface area contributed by atoms with Gasteiger partial charge in [0.1, 0.15) is 11.3 Å². The van der Waals surface area contributed by atoms with E-state index in [-0.39, 0.29) is 22.6 Å². The van der Waals surface area contributed by atoms with Gasteiger partial charge in [0.15, 0.2) is 0 Å². The first-order valence-electron chi connectivity index (χ1n) is 7.83. The highest BCUT2D eigenvalue weighted by atomic mass is 16.4. The number of hydrogen-bond donors (Lipinski definition) is 2. The van der Waals surface area contributed by atoms with Crippen LogP contribution in [0.15, 0.2) is 36.4 Å². The molecule has 0 spiro atoms. The molecule has 0 saturated carbocycles. The van der Waals surface area contributed by atoms with E-state index in [9.17, 15) is 15.0 Å². The van der Waals surface area contributed by atoms with E-state index in [0.717, 1.165) is 11.1 Å². The van der Waals surface area contributed by atoms with Gasteiger partial charge in [0.2, 0.25) is 0 Å². The molecule has 0 amide bonds. The number of hydrogen-bond acceptors (Lipinski definition) is 2. The first kappa shape index (κ1) is 17.1. The second kappa shape index (κ2) is 6.07. The van der Waals surface area contributed by atoms with Crippen LogP contribution in [0.3, 0.4) is 0 Å². The molecule has 0 aliphatic rings. The van der Waals surface area contributed by atoms with E-state index in [2.05, 4.69) is 13.8 Å². The van der Waals surface area contributed by atoms with Crippen LogP contribution in [0.5, 0.6) is 5.75 Å². The Hall–Kier alpha value is -2.29. The third-order valence-electron chi connectivity index (χ3n) is 4.59. The highest BCUT2D eigenvalue weighted by Gasteiger charge is 2.30. The van der Waals surface area contributed by atoms with Crippen LogP contribution in [0, 0.1) is 6.92 Å². The van der Waals surface area contributed by atoms with Crippen LogP contribution in [0.1, 0.15) is 66.2 Å². The Balaban J connectivity index is 2.79. The van der Waals surface area contributed by atoms with Gasteiger partial charge >= 0.3 is 5.97 Å². The van der Waals surface area contributed by atoms with Crippen molar-refractivity contribution in [3.8, 4) is 5.75 Å². The summed E-state index contributed by atoms with van der Waals surface area (Å²) in [6.07, 6.45) is 0. The molecule has 122 valence electrons. The highest BCUT2D eigenvalue weighted by molar-refractivity contribution is 5.93. The number of benzene rings is 2. The van der Waals surface area contributed by atoms with Gasteiger partial charge in [0, 0.05) is 5.41 Å². The van der Waals surface area contributed by atoms with Gasteiger partial charge in [-0.3, -0.25) is 0 Å². The van der Waals surface area contributed by atoms with E-state index in [1.807, 2.05) is 50.2 Å². The van der Waals surface area contributed by atoms with Crippen molar-refractivity contribution in [2.24, 2.45) is 0 Å². The maximum absolute atomic E-state index is 11.7. The largest absolute Gasteiger partial charge is 0.507 e. The third-order valence-corrected chi connectivity index (χ3v) is 4.59. The zero-order valence-corrected chi connectivity index (χ0v) is 14.3. The summed E-state index contributed by atoms with van der Waals surface area (Å²) in [5, 5.41) is 19.9. The molecular formula is C20H24O3. The monoisotopic (exact) mass is 312 g/mol. The predicted octanol–water partition coefficient (Wildman–Crippen LogP) is 4.85. The molecule has 2 N–H and O–H groups in total. The highest BCUT2D eigenvalue weighted by Crippen LogP contribution is 2.41. The standard InChI is InChI=1S/C20H24O3/c1-12(2)15-11-16(13(3)17(18(15)21)19(22)23)20(4,5)14-9-7-6-8-10-14/h6-12,21H,1-5H3,(H,22,23). The average molecular weight is 312 g/mol. The molecule has 0 atom stereocenters. The summed E-state index contributed by atoms with van der Waals surface area (Å²) in [6, 6.07) is 12.0. The molecule has 23 heavy (non-hydrogen) atoms. The summed E-state index contributed by atoms with van der Waals surface area (Å²) in [5.74, 6) is -1.16. The molecule has 3 nitrogen and oxygen atoms in total. The van der Waals surface area contributed by atoms with Crippen LogP contribution in [0.25, 0.3) is 0 Å². The normalized spacial score (nSPS) is 11.7. The van der Waals surface area contributed by atoms with E-state index >= 15 is 0 Å². The molecular weight excluding hydrogens is 288 g/mol. The second-order valence-corrected chi connectivity index (χ2v) is 6.81. The fraction of sp³-hybridized carbons (Fsp3) is 0.350. The van der Waals surface area contributed by atoms with Gasteiger partial charge in [-0.1, -0.05) is 64.1 Å². The number of carboxylic acids is 1. The van der Waals surface area contributed by atoms with Crippen LogP contribution < -0.4 is 0 Å². The predicted molar refractivity (Wildman–Crippen MR) is 92.5 cm³/mol. The smallest absolute Gasteiger partial charge is 0.339 e. The lowest BCUT2D eigenvalue weighted by molar-refractivity contribution is 0.0692. The van der Waals surface area contributed by atoms with Crippen molar-refractivity contribution in [1.29, 1.82) is 0 Å². The van der Waals surface area contributed by atoms with Gasteiger partial charge < -0.3 is 10.2 Å². The van der Waals surface area contributed by atoms with Crippen molar-refractivity contribution >= 4 is 5.97 Å². The fourth-order valence-electron chi connectivity index (χ4n) is 3.15. The van der Waals surface area contributed by atoms with E-state index < -0.39 is 5.97 Å². The van der Waals surface area contributed by atoms with E-state index in [0.29, 0.717) is 11.1 Å². The molecule has 0 fully saturated rings. The van der Waals surface area contributed by atoms with Gasteiger partial charge in [-0.05, 0) is 35.1 Å². The van der Waals surface area contributed by atoms with Crippen LogP contribution >= 0.6 is 0 Å². The topological polar surface area (TPSA) is 57.5 Å². The number of carboxylic acid groups (broad SMARTS) is 1.